The van der Waals surface area contributed by atoms with Gasteiger partial charge in [0.15, 0.2) is 0 Å². The number of aryl methyl sites for hydroxylation is 2. The van der Waals surface area contributed by atoms with Gasteiger partial charge in [0.2, 0.25) is 5.91 Å². The minimum absolute atomic E-state index is 0.0662. The maximum absolute atomic E-state index is 12.3. The van der Waals surface area contributed by atoms with E-state index >= 15 is 0 Å². The third-order valence-electron chi connectivity index (χ3n) is 5.03. The Morgan fingerprint density at radius 1 is 1.03 bits per heavy atom. The Morgan fingerprint density at radius 3 is 2.23 bits per heavy atom. The molecule has 0 aromatic heterocycles. The number of rotatable bonds is 9. The Morgan fingerprint density at radius 2 is 1.63 bits per heavy atom. The summed E-state index contributed by atoms with van der Waals surface area (Å²) in [5.41, 5.74) is 2.77. The molecule has 0 radical (unpaired) electrons. The van der Waals surface area contributed by atoms with Gasteiger partial charge < -0.3 is 15.2 Å². The first-order valence-corrected chi connectivity index (χ1v) is 9.97. The van der Waals surface area contributed by atoms with Crippen molar-refractivity contribution < 1.29 is 24.2 Å². The van der Waals surface area contributed by atoms with Gasteiger partial charge in [0, 0.05) is 19.5 Å². The zero-order valence-corrected chi connectivity index (χ0v) is 17.2. The molecule has 1 aliphatic heterocycles. The molecule has 7 heteroatoms. The molecule has 158 valence electrons. The number of carbonyl (C=O) groups excluding carboxylic acids is 3. The average molecular weight is 410 g/mol. The summed E-state index contributed by atoms with van der Waals surface area (Å²) in [7, 11) is 0. The maximum atomic E-state index is 12.3. The van der Waals surface area contributed by atoms with Gasteiger partial charge in [-0.3, -0.25) is 19.3 Å². The van der Waals surface area contributed by atoms with E-state index in [1.54, 1.807) is 24.3 Å². The SMILES string of the molecule is Cc1cccc(C)c1OCC(O)CNC(=O)CCCN1C(=O)c2ccccc2C1=O. The number of hydrogen-bond acceptors (Lipinski definition) is 5. The molecule has 2 aromatic rings. The Balaban J connectivity index is 1.37. The first-order valence-electron chi connectivity index (χ1n) is 9.97. The van der Waals surface area contributed by atoms with E-state index < -0.39 is 6.10 Å². The number of hydrogen-bond donors (Lipinski definition) is 2. The van der Waals surface area contributed by atoms with Gasteiger partial charge in [-0.25, -0.2) is 0 Å². The summed E-state index contributed by atoms with van der Waals surface area (Å²) < 4.78 is 5.68. The molecule has 0 bridgehead atoms. The van der Waals surface area contributed by atoms with Crippen LogP contribution in [0.4, 0.5) is 0 Å². The summed E-state index contributed by atoms with van der Waals surface area (Å²) in [6.07, 6.45) is -0.339. The number of imide groups is 1. The number of fused-ring (bicyclic) bond motifs is 1. The summed E-state index contributed by atoms with van der Waals surface area (Å²) in [5.74, 6) is -0.160. The van der Waals surface area contributed by atoms with Crippen LogP contribution in [-0.2, 0) is 4.79 Å². The summed E-state index contributed by atoms with van der Waals surface area (Å²) in [4.78, 5) is 37.8. The molecule has 3 amide bonds. The van der Waals surface area contributed by atoms with Gasteiger partial charge in [-0.2, -0.15) is 0 Å². The number of nitrogens with zero attached hydrogens (tertiary/aromatic N) is 1. The highest BCUT2D eigenvalue weighted by Crippen LogP contribution is 2.23. The highest BCUT2D eigenvalue weighted by Gasteiger charge is 2.34. The van der Waals surface area contributed by atoms with Gasteiger partial charge in [0.25, 0.3) is 11.8 Å². The lowest BCUT2D eigenvalue weighted by molar-refractivity contribution is -0.121. The highest BCUT2D eigenvalue weighted by molar-refractivity contribution is 6.21. The molecule has 0 spiro atoms. The smallest absolute Gasteiger partial charge is 0.261 e. The maximum Gasteiger partial charge on any atom is 0.261 e. The molecule has 1 atom stereocenters. The van der Waals surface area contributed by atoms with Crippen LogP contribution >= 0.6 is 0 Å². The number of nitrogens with one attached hydrogen (secondary N) is 1. The molecule has 0 aliphatic carbocycles. The molecular weight excluding hydrogens is 384 g/mol. The summed E-state index contributed by atoms with van der Waals surface area (Å²) >= 11 is 0. The van der Waals surface area contributed by atoms with E-state index in [9.17, 15) is 19.5 Å². The minimum atomic E-state index is -0.843. The number of aliphatic hydroxyl groups excluding tert-OH is 1. The fourth-order valence-corrected chi connectivity index (χ4v) is 3.43. The second-order valence-corrected chi connectivity index (χ2v) is 7.40. The van der Waals surface area contributed by atoms with Crippen molar-refractivity contribution >= 4 is 17.7 Å². The topological polar surface area (TPSA) is 95.9 Å². The van der Waals surface area contributed by atoms with Crippen molar-refractivity contribution in [3.63, 3.8) is 0 Å². The second-order valence-electron chi connectivity index (χ2n) is 7.40. The summed E-state index contributed by atoms with van der Waals surface area (Å²) in [5, 5.41) is 12.7. The molecule has 0 saturated carbocycles. The molecule has 2 aromatic carbocycles. The number of aliphatic hydroxyl groups is 1. The van der Waals surface area contributed by atoms with Crippen LogP contribution in [0, 0.1) is 13.8 Å². The van der Waals surface area contributed by atoms with Crippen molar-refractivity contribution in [2.75, 3.05) is 19.7 Å². The van der Waals surface area contributed by atoms with E-state index in [1.807, 2.05) is 32.0 Å². The van der Waals surface area contributed by atoms with Crippen LogP contribution in [0.1, 0.15) is 44.7 Å². The molecule has 2 N–H and O–H groups in total. The first kappa shape index (κ1) is 21.5. The molecule has 7 nitrogen and oxygen atoms in total. The van der Waals surface area contributed by atoms with Gasteiger partial charge in [-0.15, -0.1) is 0 Å². The van der Waals surface area contributed by atoms with Gasteiger partial charge in [0.05, 0.1) is 11.1 Å². The van der Waals surface area contributed by atoms with Crippen molar-refractivity contribution in [1.29, 1.82) is 0 Å². The van der Waals surface area contributed by atoms with E-state index in [-0.39, 0.29) is 43.8 Å². The van der Waals surface area contributed by atoms with Gasteiger partial charge in [-0.05, 0) is 43.5 Å². The standard InChI is InChI=1S/C23H26N2O5/c1-15-7-5-8-16(2)21(15)30-14-17(26)13-24-20(27)11-6-12-25-22(28)18-9-3-4-10-19(18)23(25)29/h3-5,7-10,17,26H,6,11-14H2,1-2H3,(H,24,27). The van der Waals surface area contributed by atoms with E-state index in [1.165, 1.54) is 4.90 Å². The van der Waals surface area contributed by atoms with Crippen molar-refractivity contribution in [3.05, 3.63) is 64.7 Å². The normalized spacial score (nSPS) is 13.9. The van der Waals surface area contributed by atoms with Crippen LogP contribution in [-0.4, -0.2) is 53.5 Å². The van der Waals surface area contributed by atoms with Crippen LogP contribution in [0.15, 0.2) is 42.5 Å². The lowest BCUT2D eigenvalue weighted by atomic mass is 10.1. The fraction of sp³-hybridized carbons (Fsp3) is 0.348. The number of amides is 3. The number of para-hydroxylation sites is 1. The Bertz CT molecular complexity index is 901. The van der Waals surface area contributed by atoms with Gasteiger partial charge in [-0.1, -0.05) is 30.3 Å². The second kappa shape index (κ2) is 9.54. The van der Waals surface area contributed by atoms with Crippen LogP contribution in [0.3, 0.4) is 0 Å². The summed E-state index contributed by atoms with van der Waals surface area (Å²) in [6.45, 7) is 4.19. The Labute approximate surface area is 175 Å². The zero-order valence-electron chi connectivity index (χ0n) is 17.2. The van der Waals surface area contributed by atoms with E-state index in [2.05, 4.69) is 5.32 Å². The fourth-order valence-electron chi connectivity index (χ4n) is 3.43. The molecule has 0 fully saturated rings. The third-order valence-corrected chi connectivity index (χ3v) is 5.03. The molecular formula is C23H26N2O5. The first-order chi connectivity index (χ1) is 14.4. The molecule has 0 saturated heterocycles. The predicted octanol–water partition coefficient (Wildman–Crippen LogP) is 2.24. The monoisotopic (exact) mass is 410 g/mol. The van der Waals surface area contributed by atoms with Crippen LogP contribution in [0.2, 0.25) is 0 Å². The predicted molar refractivity (Wildman–Crippen MR) is 111 cm³/mol. The van der Waals surface area contributed by atoms with Crippen molar-refractivity contribution in [3.8, 4) is 5.75 Å². The Hall–Kier alpha value is -3.19. The van der Waals surface area contributed by atoms with Crippen LogP contribution in [0.25, 0.3) is 0 Å². The average Bonchev–Trinajstić information content (AvgIpc) is 2.97. The lowest BCUT2D eigenvalue weighted by Crippen LogP contribution is -2.36. The number of ether oxygens (including phenoxy) is 1. The zero-order chi connectivity index (χ0) is 21.7. The quantitative estimate of drug-likeness (QED) is 0.618. The van der Waals surface area contributed by atoms with Crippen molar-refractivity contribution in [2.45, 2.75) is 32.8 Å². The largest absolute Gasteiger partial charge is 0.490 e. The Kier molecular flexibility index (Phi) is 6.84. The lowest BCUT2D eigenvalue weighted by Gasteiger charge is -2.16. The molecule has 1 aliphatic rings. The van der Waals surface area contributed by atoms with Crippen LogP contribution < -0.4 is 10.1 Å². The van der Waals surface area contributed by atoms with Crippen LogP contribution in [0.5, 0.6) is 5.75 Å². The van der Waals surface area contributed by atoms with Crippen molar-refractivity contribution in [2.24, 2.45) is 0 Å². The number of benzene rings is 2. The van der Waals surface area contributed by atoms with Gasteiger partial charge in [0.1, 0.15) is 18.5 Å². The van der Waals surface area contributed by atoms with E-state index in [0.717, 1.165) is 16.9 Å². The van der Waals surface area contributed by atoms with E-state index in [0.29, 0.717) is 17.5 Å². The van der Waals surface area contributed by atoms with Gasteiger partial charge >= 0.3 is 0 Å². The minimum Gasteiger partial charge on any atom is -0.490 e. The third kappa shape index (κ3) is 4.86. The summed E-state index contributed by atoms with van der Waals surface area (Å²) in [6, 6.07) is 12.5. The van der Waals surface area contributed by atoms with E-state index in [4.69, 9.17) is 4.74 Å². The molecule has 1 unspecified atom stereocenters. The molecule has 30 heavy (non-hydrogen) atoms. The molecule has 3 rings (SSSR count). The van der Waals surface area contributed by atoms with Crippen molar-refractivity contribution in [1.82, 2.24) is 10.2 Å². The highest BCUT2D eigenvalue weighted by atomic mass is 16.5. The molecule has 1 heterocycles. The number of carbonyl (C=O) groups is 3.